The summed E-state index contributed by atoms with van der Waals surface area (Å²) in [7, 11) is 0. The van der Waals surface area contributed by atoms with Crippen LogP contribution in [0, 0.1) is 26.6 Å². The van der Waals surface area contributed by atoms with Crippen molar-refractivity contribution in [2.75, 3.05) is 11.4 Å². The molecule has 31 heavy (non-hydrogen) atoms. The largest absolute Gasteiger partial charge is 0.286 e. The van der Waals surface area contributed by atoms with Crippen molar-refractivity contribution in [3.8, 4) is 0 Å². The van der Waals surface area contributed by atoms with Gasteiger partial charge in [0.05, 0.1) is 28.9 Å². The van der Waals surface area contributed by atoms with E-state index in [1.807, 2.05) is 43.7 Å². The van der Waals surface area contributed by atoms with Crippen molar-refractivity contribution in [3.05, 3.63) is 75.8 Å². The van der Waals surface area contributed by atoms with Crippen LogP contribution in [0.4, 0.5) is 9.52 Å². The van der Waals surface area contributed by atoms with Gasteiger partial charge in [0, 0.05) is 17.3 Å². The van der Waals surface area contributed by atoms with Gasteiger partial charge in [-0.05, 0) is 62.2 Å². The number of aryl methyl sites for hydroxylation is 3. The lowest BCUT2D eigenvalue weighted by Gasteiger charge is -2.20. The molecule has 0 saturated heterocycles. The number of amides is 1. The highest BCUT2D eigenvalue weighted by Gasteiger charge is 2.21. The molecule has 0 bridgehead atoms. The third-order valence-electron chi connectivity index (χ3n) is 5.18. The van der Waals surface area contributed by atoms with E-state index in [2.05, 4.69) is 5.10 Å². The molecule has 5 nitrogen and oxygen atoms in total. The van der Waals surface area contributed by atoms with Crippen molar-refractivity contribution in [1.29, 1.82) is 0 Å². The Balaban J connectivity index is 1.66. The monoisotopic (exact) mass is 456 g/mol. The summed E-state index contributed by atoms with van der Waals surface area (Å²) in [5.41, 5.74) is 4.43. The number of fused-ring (bicyclic) bond motifs is 1. The van der Waals surface area contributed by atoms with Crippen LogP contribution in [0.3, 0.4) is 0 Å². The summed E-state index contributed by atoms with van der Waals surface area (Å²) >= 11 is 7.72. The molecule has 0 radical (unpaired) electrons. The second-order valence-corrected chi connectivity index (χ2v) is 8.93. The van der Waals surface area contributed by atoms with Gasteiger partial charge in [0.15, 0.2) is 5.13 Å². The Labute approximate surface area is 189 Å². The van der Waals surface area contributed by atoms with Gasteiger partial charge in [-0.15, -0.1) is 0 Å². The van der Waals surface area contributed by atoms with Crippen molar-refractivity contribution in [2.24, 2.45) is 0 Å². The third kappa shape index (κ3) is 4.62. The van der Waals surface area contributed by atoms with Crippen LogP contribution < -0.4 is 4.90 Å². The Bertz CT molecular complexity index is 1250. The first-order valence-corrected chi connectivity index (χ1v) is 11.1. The molecule has 0 saturated carbocycles. The quantitative estimate of drug-likeness (QED) is 0.385. The molecule has 0 spiro atoms. The number of anilines is 1. The highest BCUT2D eigenvalue weighted by atomic mass is 35.5. The second kappa shape index (κ2) is 8.77. The number of hydrogen-bond acceptors (Lipinski definition) is 4. The number of nitrogens with zero attached hydrogens (tertiary/aromatic N) is 4. The first-order chi connectivity index (χ1) is 14.8. The van der Waals surface area contributed by atoms with Crippen LogP contribution >= 0.6 is 22.9 Å². The summed E-state index contributed by atoms with van der Waals surface area (Å²) < 4.78 is 16.1. The maximum absolute atomic E-state index is 13.3. The van der Waals surface area contributed by atoms with Crippen molar-refractivity contribution in [2.45, 2.75) is 33.7 Å². The summed E-state index contributed by atoms with van der Waals surface area (Å²) in [5, 5.41) is 5.77. The molecule has 0 aliphatic rings. The molecule has 2 aromatic heterocycles. The SMILES string of the molecule is Cc1cc(C)n(CCN(C(=O)Cc2ccc(F)cc2)c2nc3c(C)c(Cl)ccc3s2)n1. The van der Waals surface area contributed by atoms with Crippen LogP contribution in [0.5, 0.6) is 0 Å². The zero-order valence-corrected chi connectivity index (χ0v) is 19.1. The maximum Gasteiger partial charge on any atom is 0.233 e. The fourth-order valence-corrected chi connectivity index (χ4v) is 4.72. The molecule has 2 aromatic carbocycles. The van der Waals surface area contributed by atoms with Gasteiger partial charge >= 0.3 is 0 Å². The zero-order chi connectivity index (χ0) is 22.1. The molecule has 8 heteroatoms. The smallest absolute Gasteiger partial charge is 0.233 e. The normalized spacial score (nSPS) is 11.3. The van der Waals surface area contributed by atoms with Gasteiger partial charge in [0.25, 0.3) is 0 Å². The summed E-state index contributed by atoms with van der Waals surface area (Å²) in [6.45, 7) is 6.84. The number of halogens is 2. The van der Waals surface area contributed by atoms with Crippen LogP contribution in [0.1, 0.15) is 22.5 Å². The predicted octanol–water partition coefficient (Wildman–Crippen LogP) is 5.49. The first-order valence-electron chi connectivity index (χ1n) is 9.93. The molecule has 0 unspecified atom stereocenters. The van der Waals surface area contributed by atoms with Gasteiger partial charge in [-0.3, -0.25) is 14.4 Å². The minimum Gasteiger partial charge on any atom is -0.286 e. The van der Waals surface area contributed by atoms with E-state index in [9.17, 15) is 9.18 Å². The molecule has 0 fully saturated rings. The molecule has 0 aliphatic carbocycles. The number of hydrogen-bond donors (Lipinski definition) is 0. The molecule has 1 amide bonds. The van der Waals surface area contributed by atoms with Gasteiger partial charge in [-0.1, -0.05) is 35.1 Å². The van der Waals surface area contributed by atoms with Gasteiger partial charge < -0.3 is 0 Å². The van der Waals surface area contributed by atoms with Crippen LogP contribution in [0.2, 0.25) is 5.02 Å². The van der Waals surface area contributed by atoms with Crippen molar-refractivity contribution in [3.63, 3.8) is 0 Å². The van der Waals surface area contributed by atoms with Crippen molar-refractivity contribution >= 4 is 44.2 Å². The Hall–Kier alpha value is -2.77. The molecule has 0 atom stereocenters. The molecule has 2 heterocycles. The van der Waals surface area contributed by atoms with Gasteiger partial charge in [0.2, 0.25) is 5.91 Å². The maximum atomic E-state index is 13.3. The van der Waals surface area contributed by atoms with Gasteiger partial charge in [-0.2, -0.15) is 5.10 Å². The zero-order valence-electron chi connectivity index (χ0n) is 17.5. The van der Waals surface area contributed by atoms with Gasteiger partial charge in [0.1, 0.15) is 5.82 Å². The number of benzene rings is 2. The molecule has 0 N–H and O–H groups in total. The lowest BCUT2D eigenvalue weighted by atomic mass is 10.1. The van der Waals surface area contributed by atoms with Gasteiger partial charge in [-0.25, -0.2) is 9.37 Å². The fourth-order valence-electron chi connectivity index (χ4n) is 3.50. The van der Waals surface area contributed by atoms with E-state index >= 15 is 0 Å². The average molecular weight is 457 g/mol. The van der Waals surface area contributed by atoms with E-state index in [0.717, 1.165) is 32.7 Å². The summed E-state index contributed by atoms with van der Waals surface area (Å²) in [4.78, 5) is 19.7. The van der Waals surface area contributed by atoms with E-state index < -0.39 is 0 Å². The van der Waals surface area contributed by atoms with E-state index in [-0.39, 0.29) is 18.1 Å². The van der Waals surface area contributed by atoms with Crippen LogP contribution in [0.15, 0.2) is 42.5 Å². The summed E-state index contributed by atoms with van der Waals surface area (Å²) in [6, 6.07) is 11.8. The minimum absolute atomic E-state index is 0.101. The Morgan fingerprint density at radius 3 is 2.58 bits per heavy atom. The molecule has 4 aromatic rings. The molecule has 4 rings (SSSR count). The number of rotatable bonds is 6. The first kappa shape index (κ1) is 21.5. The standard InChI is InChI=1S/C23H22ClFN4OS/c1-14-12-15(2)29(27-14)11-10-28(21(30)13-17-4-6-18(25)7-5-17)23-26-22-16(3)19(24)8-9-20(22)31-23/h4-9,12H,10-11,13H2,1-3H3. The van der Waals surface area contributed by atoms with E-state index in [0.29, 0.717) is 23.2 Å². The highest BCUT2D eigenvalue weighted by molar-refractivity contribution is 7.22. The molecule has 160 valence electrons. The Kier molecular flexibility index (Phi) is 6.07. The molecular formula is C23H22ClFN4OS. The Morgan fingerprint density at radius 2 is 1.90 bits per heavy atom. The average Bonchev–Trinajstić information content (AvgIpc) is 3.30. The van der Waals surface area contributed by atoms with Crippen LogP contribution in [0.25, 0.3) is 10.2 Å². The summed E-state index contributed by atoms with van der Waals surface area (Å²) in [6.07, 6.45) is 0.160. The number of thiazole rings is 1. The van der Waals surface area contributed by atoms with E-state index in [4.69, 9.17) is 16.6 Å². The highest BCUT2D eigenvalue weighted by Crippen LogP contribution is 2.33. The molecule has 0 aliphatic heterocycles. The van der Waals surface area contributed by atoms with Crippen molar-refractivity contribution in [1.82, 2.24) is 14.8 Å². The third-order valence-corrected chi connectivity index (χ3v) is 6.63. The number of aromatic nitrogens is 3. The predicted molar refractivity (Wildman–Crippen MR) is 124 cm³/mol. The second-order valence-electron chi connectivity index (χ2n) is 7.51. The number of carbonyl (C=O) groups is 1. The van der Waals surface area contributed by atoms with Crippen LogP contribution in [-0.4, -0.2) is 27.2 Å². The summed E-state index contributed by atoms with van der Waals surface area (Å²) in [5.74, 6) is -0.424. The van der Waals surface area contributed by atoms with E-state index in [1.54, 1.807) is 17.0 Å². The molecular weight excluding hydrogens is 435 g/mol. The lowest BCUT2D eigenvalue weighted by Crippen LogP contribution is -2.35. The lowest BCUT2D eigenvalue weighted by molar-refractivity contribution is -0.118. The minimum atomic E-state index is -0.323. The van der Waals surface area contributed by atoms with Crippen molar-refractivity contribution < 1.29 is 9.18 Å². The number of carbonyl (C=O) groups excluding carboxylic acids is 1. The van der Waals surface area contributed by atoms with E-state index in [1.165, 1.54) is 23.5 Å². The Morgan fingerprint density at radius 1 is 1.16 bits per heavy atom. The fraction of sp³-hybridized carbons (Fsp3) is 0.261. The topological polar surface area (TPSA) is 51.0 Å². The van der Waals surface area contributed by atoms with Crippen LogP contribution in [-0.2, 0) is 17.8 Å².